The third-order valence-electron chi connectivity index (χ3n) is 8.22. The number of allylic oxidation sites excluding steroid dienone is 1. The first-order valence-electron chi connectivity index (χ1n) is 14.6. The number of hydrogen-bond donors (Lipinski definition) is 2. The lowest BCUT2D eigenvalue weighted by Crippen LogP contribution is -2.40. The molecule has 2 heterocycles. The molecule has 226 valence electrons. The number of nitrogens with zero attached hydrogens (tertiary/aromatic N) is 2. The Bertz CT molecular complexity index is 1800. The second-order valence-corrected chi connectivity index (χ2v) is 11.9. The fourth-order valence-electron chi connectivity index (χ4n) is 6.38. The van der Waals surface area contributed by atoms with Crippen molar-refractivity contribution in [3.05, 3.63) is 89.8 Å². The van der Waals surface area contributed by atoms with Gasteiger partial charge in [0.2, 0.25) is 11.7 Å². The Morgan fingerprint density at radius 1 is 0.977 bits per heavy atom. The molecule has 44 heavy (non-hydrogen) atoms. The molecule has 0 radical (unpaired) electrons. The highest BCUT2D eigenvalue weighted by Gasteiger charge is 2.43. The van der Waals surface area contributed by atoms with Gasteiger partial charge in [0.05, 0.1) is 62.7 Å². The lowest BCUT2D eigenvalue weighted by molar-refractivity contribution is -0.119. The summed E-state index contributed by atoms with van der Waals surface area (Å²) < 4.78 is 17.3. The van der Waals surface area contributed by atoms with Crippen LogP contribution in [0.2, 0.25) is 0 Å². The smallest absolute Gasteiger partial charge is 0.243 e. The van der Waals surface area contributed by atoms with Crippen molar-refractivity contribution >= 4 is 39.7 Å². The Balaban J connectivity index is 1.51. The molecule has 9 nitrogen and oxygen atoms in total. The number of methoxy groups -OCH3 is 3. The first-order valence-corrected chi connectivity index (χ1v) is 14.6. The van der Waals surface area contributed by atoms with Crippen LogP contribution in [-0.4, -0.2) is 44.5 Å². The zero-order chi connectivity index (χ0) is 31.0. The molecular formula is C35H36N4O5. The number of anilines is 3. The molecule has 9 heteroatoms. The van der Waals surface area contributed by atoms with E-state index >= 15 is 0 Å². The Hall–Kier alpha value is -5.05. The number of rotatable bonds is 7. The Morgan fingerprint density at radius 3 is 2.50 bits per heavy atom. The van der Waals surface area contributed by atoms with Crippen LogP contribution in [0.1, 0.15) is 38.3 Å². The summed E-state index contributed by atoms with van der Waals surface area (Å²) in [5.74, 6) is 1.11. The molecule has 4 aromatic rings. The number of hydrogen-bond acceptors (Lipinski definition) is 8. The third-order valence-corrected chi connectivity index (χ3v) is 8.22. The van der Waals surface area contributed by atoms with E-state index < -0.39 is 6.04 Å². The minimum Gasteiger partial charge on any atom is -0.493 e. The number of para-hydroxylation sites is 3. The van der Waals surface area contributed by atoms with Crippen molar-refractivity contribution in [2.45, 2.75) is 32.7 Å². The van der Waals surface area contributed by atoms with E-state index in [2.05, 4.69) is 29.5 Å². The second-order valence-electron chi connectivity index (χ2n) is 11.9. The third kappa shape index (κ3) is 5.30. The van der Waals surface area contributed by atoms with Gasteiger partial charge in [0, 0.05) is 28.6 Å². The molecule has 0 saturated heterocycles. The number of nitrogens with one attached hydrogen (secondary N) is 2. The highest BCUT2D eigenvalue weighted by Crippen LogP contribution is 2.52. The van der Waals surface area contributed by atoms with Crippen molar-refractivity contribution in [1.82, 2.24) is 4.98 Å². The molecule has 1 aliphatic carbocycles. The normalized spacial score (nSPS) is 17.2. The summed E-state index contributed by atoms with van der Waals surface area (Å²) in [6.45, 7) is 4.14. The summed E-state index contributed by atoms with van der Waals surface area (Å²) in [5.41, 5.74) is 4.91. The summed E-state index contributed by atoms with van der Waals surface area (Å²) in [4.78, 5) is 34.5. The molecule has 0 fully saturated rings. The van der Waals surface area contributed by atoms with Crippen molar-refractivity contribution in [2.75, 3.05) is 43.4 Å². The highest BCUT2D eigenvalue weighted by atomic mass is 16.5. The van der Waals surface area contributed by atoms with Gasteiger partial charge in [-0.1, -0.05) is 44.2 Å². The number of aromatic nitrogens is 1. The SMILES string of the molecule is COc1ccc(C2C3=C(CC(C)(C)CC3=O)Nc3ccccc3N2CC(=O)Nc2cnc3ccccc3c2)c(OC)c1OC. The van der Waals surface area contributed by atoms with Crippen LogP contribution in [-0.2, 0) is 9.59 Å². The number of amides is 1. The summed E-state index contributed by atoms with van der Waals surface area (Å²) in [6, 6.07) is 20.5. The molecule has 0 spiro atoms. The van der Waals surface area contributed by atoms with E-state index in [-0.39, 0.29) is 23.7 Å². The van der Waals surface area contributed by atoms with E-state index in [1.165, 1.54) is 0 Å². The Labute approximate surface area is 256 Å². The molecule has 2 aliphatic rings. The average Bonchev–Trinajstić information content (AvgIpc) is 3.13. The number of Topliss-reactive ketones (excluding diaryl/α,β-unsaturated/α-hetero) is 1. The van der Waals surface area contributed by atoms with Crippen LogP contribution in [0.15, 0.2) is 84.2 Å². The van der Waals surface area contributed by atoms with Crippen molar-refractivity contribution in [1.29, 1.82) is 0 Å². The zero-order valence-corrected chi connectivity index (χ0v) is 25.6. The van der Waals surface area contributed by atoms with Crippen molar-refractivity contribution < 1.29 is 23.8 Å². The quantitative estimate of drug-likeness (QED) is 0.250. The van der Waals surface area contributed by atoms with E-state index in [1.807, 2.05) is 65.6 Å². The first kappa shape index (κ1) is 29.0. The second kappa shape index (κ2) is 11.6. The van der Waals surface area contributed by atoms with Gasteiger partial charge in [-0.05, 0) is 48.2 Å². The molecule has 1 aromatic heterocycles. The van der Waals surface area contributed by atoms with Gasteiger partial charge >= 0.3 is 0 Å². The number of benzene rings is 3. The predicted octanol–water partition coefficient (Wildman–Crippen LogP) is 6.52. The average molecular weight is 593 g/mol. The molecule has 3 aromatic carbocycles. The minimum atomic E-state index is -0.667. The van der Waals surface area contributed by atoms with Crippen molar-refractivity contribution in [3.63, 3.8) is 0 Å². The Morgan fingerprint density at radius 2 is 1.73 bits per heavy atom. The lowest BCUT2D eigenvalue weighted by Gasteiger charge is -2.38. The van der Waals surface area contributed by atoms with Crippen LogP contribution < -0.4 is 29.7 Å². The number of ether oxygens (including phenoxy) is 3. The maximum Gasteiger partial charge on any atom is 0.243 e. The van der Waals surface area contributed by atoms with Gasteiger partial charge in [0.15, 0.2) is 17.3 Å². The zero-order valence-electron chi connectivity index (χ0n) is 25.6. The van der Waals surface area contributed by atoms with E-state index in [0.717, 1.165) is 28.0 Å². The fraction of sp³-hybridized carbons (Fsp3) is 0.286. The molecule has 0 saturated carbocycles. The highest BCUT2D eigenvalue weighted by molar-refractivity contribution is 6.03. The topological polar surface area (TPSA) is 102 Å². The van der Waals surface area contributed by atoms with E-state index in [1.54, 1.807) is 33.6 Å². The molecule has 1 atom stereocenters. The summed E-state index contributed by atoms with van der Waals surface area (Å²) in [7, 11) is 4.68. The summed E-state index contributed by atoms with van der Waals surface area (Å²) in [5, 5.41) is 7.54. The van der Waals surface area contributed by atoms with Crippen molar-refractivity contribution in [2.24, 2.45) is 5.41 Å². The van der Waals surface area contributed by atoms with Crippen LogP contribution in [0.5, 0.6) is 17.2 Å². The van der Waals surface area contributed by atoms with Gasteiger partial charge in [-0.15, -0.1) is 0 Å². The predicted molar refractivity (Wildman–Crippen MR) is 172 cm³/mol. The molecule has 1 amide bonds. The maximum absolute atomic E-state index is 14.1. The molecular weight excluding hydrogens is 556 g/mol. The monoisotopic (exact) mass is 592 g/mol. The molecule has 6 rings (SSSR count). The van der Waals surface area contributed by atoms with Crippen molar-refractivity contribution in [3.8, 4) is 17.2 Å². The summed E-state index contributed by atoms with van der Waals surface area (Å²) in [6.07, 6.45) is 2.69. The van der Waals surface area contributed by atoms with Gasteiger partial charge in [0.25, 0.3) is 0 Å². The number of pyridine rings is 1. The van der Waals surface area contributed by atoms with Crippen LogP contribution in [0.4, 0.5) is 17.1 Å². The van der Waals surface area contributed by atoms with Crippen LogP contribution in [0.3, 0.4) is 0 Å². The Kier molecular flexibility index (Phi) is 7.63. The number of ketones is 1. The first-order chi connectivity index (χ1) is 21.2. The molecule has 1 aliphatic heterocycles. The number of fused-ring (bicyclic) bond motifs is 2. The standard InChI is InChI=1S/C35H36N4O5/c1-35(2)17-26-31(28(40)18-35)32(23-14-15-29(42-3)34(44-5)33(23)43-4)39(27-13-9-8-12-25(27)38-26)20-30(41)37-22-16-21-10-6-7-11-24(21)36-19-22/h6-16,19,32,38H,17-18,20H2,1-5H3,(H,37,41). The maximum atomic E-state index is 14.1. The number of carbonyl (C=O) groups is 2. The summed E-state index contributed by atoms with van der Waals surface area (Å²) >= 11 is 0. The fourth-order valence-corrected chi connectivity index (χ4v) is 6.38. The van der Waals surface area contributed by atoms with E-state index in [0.29, 0.717) is 46.9 Å². The molecule has 1 unspecified atom stereocenters. The van der Waals surface area contributed by atoms with Gasteiger partial charge in [-0.25, -0.2) is 0 Å². The van der Waals surface area contributed by atoms with E-state index in [4.69, 9.17) is 14.2 Å². The van der Waals surface area contributed by atoms with Gasteiger partial charge in [0.1, 0.15) is 0 Å². The van der Waals surface area contributed by atoms with Crippen LogP contribution in [0, 0.1) is 5.41 Å². The van der Waals surface area contributed by atoms with Crippen LogP contribution in [0.25, 0.3) is 10.9 Å². The molecule has 2 N–H and O–H groups in total. The minimum absolute atomic E-state index is 0.0162. The molecule has 0 bridgehead atoms. The lowest BCUT2D eigenvalue weighted by atomic mass is 9.73. The van der Waals surface area contributed by atoms with Gasteiger partial charge < -0.3 is 29.7 Å². The van der Waals surface area contributed by atoms with Crippen LogP contribution >= 0.6 is 0 Å². The number of carbonyl (C=O) groups excluding carboxylic acids is 2. The van der Waals surface area contributed by atoms with Gasteiger partial charge in [-0.2, -0.15) is 0 Å². The van der Waals surface area contributed by atoms with Gasteiger partial charge in [-0.3, -0.25) is 14.6 Å². The van der Waals surface area contributed by atoms with E-state index in [9.17, 15) is 9.59 Å². The largest absolute Gasteiger partial charge is 0.493 e.